The van der Waals surface area contributed by atoms with E-state index in [1.165, 1.54) is 16.7 Å². The molecule has 0 N–H and O–H groups in total. The van der Waals surface area contributed by atoms with Crippen molar-refractivity contribution in [3.05, 3.63) is 53.1 Å². The van der Waals surface area contributed by atoms with E-state index < -0.39 is 0 Å². The number of benzene rings is 2. The molecule has 1 fully saturated rings. The Morgan fingerprint density at radius 1 is 1.13 bits per heavy atom. The Morgan fingerprint density at radius 3 is 2.61 bits per heavy atom. The predicted molar refractivity (Wildman–Crippen MR) is 131 cm³/mol. The molecule has 1 aliphatic rings. The van der Waals surface area contributed by atoms with Crippen LogP contribution in [0, 0.1) is 20.8 Å². The Morgan fingerprint density at radius 2 is 1.87 bits per heavy atom. The Hall–Kier alpha value is -1.93. The molecule has 1 saturated heterocycles. The molecule has 31 heavy (non-hydrogen) atoms. The molecule has 1 amide bonds. The number of morpholine rings is 1. The van der Waals surface area contributed by atoms with Gasteiger partial charge in [0, 0.05) is 31.1 Å². The van der Waals surface area contributed by atoms with Gasteiger partial charge < -0.3 is 4.74 Å². The van der Waals surface area contributed by atoms with Crippen LogP contribution in [0.4, 0.5) is 5.13 Å². The lowest BCUT2D eigenvalue weighted by atomic mass is 10.1. The quantitative estimate of drug-likeness (QED) is 0.484. The third-order valence-electron chi connectivity index (χ3n) is 5.47. The number of hydrogen-bond donors (Lipinski definition) is 0. The monoisotopic (exact) mass is 455 g/mol. The summed E-state index contributed by atoms with van der Waals surface area (Å²) in [6, 6.07) is 12.6. The van der Waals surface area contributed by atoms with E-state index in [0.717, 1.165) is 53.1 Å². The molecule has 4 rings (SSSR count). The maximum absolute atomic E-state index is 13.3. The number of carbonyl (C=O) groups is 1. The van der Waals surface area contributed by atoms with Gasteiger partial charge in [-0.1, -0.05) is 35.1 Å². The Kier molecular flexibility index (Phi) is 7.27. The van der Waals surface area contributed by atoms with E-state index in [1.54, 1.807) is 23.1 Å². The van der Waals surface area contributed by atoms with E-state index in [2.05, 4.69) is 62.1 Å². The number of hydrogen-bond acceptors (Lipinski definition) is 6. The van der Waals surface area contributed by atoms with Gasteiger partial charge in [0.15, 0.2) is 5.13 Å². The summed E-state index contributed by atoms with van der Waals surface area (Å²) in [4.78, 5) is 23.5. The van der Waals surface area contributed by atoms with Gasteiger partial charge >= 0.3 is 0 Å². The van der Waals surface area contributed by atoms with E-state index in [4.69, 9.17) is 9.72 Å². The SMILES string of the molecule is Cc1ccc(SCC(=O)N(CCN2CCOCC2)c2nc3cc(C)cc(C)c3s2)cc1. The molecule has 0 radical (unpaired) electrons. The zero-order valence-corrected chi connectivity index (χ0v) is 20.0. The topological polar surface area (TPSA) is 45.7 Å². The van der Waals surface area contributed by atoms with Crippen LogP contribution >= 0.6 is 23.1 Å². The molecule has 2 aromatic carbocycles. The van der Waals surface area contributed by atoms with Crippen LogP contribution in [0.2, 0.25) is 0 Å². The molecular weight excluding hydrogens is 426 g/mol. The standard InChI is InChI=1S/C24H29N3O2S2/c1-17-4-6-20(7-5-17)30-16-22(28)27(9-8-26-10-12-29-13-11-26)24-25-21-15-18(2)14-19(3)23(21)31-24/h4-7,14-15H,8-13,16H2,1-3H3. The van der Waals surface area contributed by atoms with Gasteiger partial charge in [-0.3, -0.25) is 14.6 Å². The van der Waals surface area contributed by atoms with Crippen LogP contribution in [0.1, 0.15) is 16.7 Å². The van der Waals surface area contributed by atoms with E-state index >= 15 is 0 Å². The summed E-state index contributed by atoms with van der Waals surface area (Å²) in [5.74, 6) is 0.507. The molecule has 0 bridgehead atoms. The van der Waals surface area contributed by atoms with Gasteiger partial charge in [-0.25, -0.2) is 4.98 Å². The fraction of sp³-hybridized carbons (Fsp3) is 0.417. The largest absolute Gasteiger partial charge is 0.379 e. The number of aromatic nitrogens is 1. The summed E-state index contributed by atoms with van der Waals surface area (Å²) in [5, 5.41) is 0.798. The van der Waals surface area contributed by atoms with E-state index in [-0.39, 0.29) is 5.91 Å². The minimum Gasteiger partial charge on any atom is -0.379 e. The Balaban J connectivity index is 1.53. The van der Waals surface area contributed by atoms with Crippen molar-refractivity contribution in [1.29, 1.82) is 0 Å². The van der Waals surface area contributed by atoms with Gasteiger partial charge in [0.2, 0.25) is 5.91 Å². The van der Waals surface area contributed by atoms with E-state index in [9.17, 15) is 4.79 Å². The zero-order valence-electron chi connectivity index (χ0n) is 18.4. The van der Waals surface area contributed by atoms with Gasteiger partial charge in [-0.05, 0) is 50.1 Å². The van der Waals surface area contributed by atoms with Gasteiger partial charge in [0.1, 0.15) is 0 Å². The average molecular weight is 456 g/mol. The van der Waals surface area contributed by atoms with Crippen molar-refractivity contribution >= 4 is 44.4 Å². The highest BCUT2D eigenvalue weighted by molar-refractivity contribution is 8.00. The summed E-state index contributed by atoms with van der Waals surface area (Å²) in [5.41, 5.74) is 4.62. The fourth-order valence-corrected chi connectivity index (χ4v) is 5.56. The number of anilines is 1. The molecule has 0 spiro atoms. The first kappa shape index (κ1) is 22.3. The van der Waals surface area contributed by atoms with Crippen LogP contribution in [0.25, 0.3) is 10.2 Å². The lowest BCUT2D eigenvalue weighted by Gasteiger charge is -2.29. The number of fused-ring (bicyclic) bond motifs is 1. The van der Waals surface area contributed by atoms with Crippen LogP contribution in [-0.2, 0) is 9.53 Å². The lowest BCUT2D eigenvalue weighted by molar-refractivity contribution is -0.116. The number of thiazole rings is 1. The van der Waals surface area contributed by atoms with Crippen molar-refractivity contribution in [2.75, 3.05) is 50.0 Å². The first-order valence-corrected chi connectivity index (χ1v) is 12.5. The number of nitrogens with zero attached hydrogens (tertiary/aromatic N) is 3. The number of carbonyl (C=O) groups excluding carboxylic acids is 1. The summed E-state index contributed by atoms with van der Waals surface area (Å²) in [7, 11) is 0. The van der Waals surface area contributed by atoms with Gasteiger partial charge in [-0.2, -0.15) is 0 Å². The van der Waals surface area contributed by atoms with E-state index in [0.29, 0.717) is 12.3 Å². The number of amides is 1. The molecule has 0 saturated carbocycles. The molecule has 1 aromatic heterocycles. The molecule has 1 aliphatic heterocycles. The summed E-state index contributed by atoms with van der Waals surface area (Å²) < 4.78 is 6.63. The zero-order chi connectivity index (χ0) is 21.8. The summed E-state index contributed by atoms with van der Waals surface area (Å²) >= 11 is 3.21. The van der Waals surface area contributed by atoms with Crippen molar-refractivity contribution in [2.24, 2.45) is 0 Å². The highest BCUT2D eigenvalue weighted by Crippen LogP contribution is 2.32. The molecule has 0 aliphatic carbocycles. The first-order chi connectivity index (χ1) is 15.0. The second-order valence-corrected chi connectivity index (χ2v) is 10.1. The molecule has 7 heteroatoms. The van der Waals surface area contributed by atoms with Gasteiger partial charge in [0.05, 0.1) is 29.2 Å². The molecule has 2 heterocycles. The number of thioether (sulfide) groups is 1. The Bertz CT molecular complexity index is 1040. The smallest absolute Gasteiger partial charge is 0.239 e. The highest BCUT2D eigenvalue weighted by Gasteiger charge is 2.22. The first-order valence-electron chi connectivity index (χ1n) is 10.7. The van der Waals surface area contributed by atoms with Crippen LogP contribution < -0.4 is 4.90 Å². The normalized spacial score (nSPS) is 14.8. The van der Waals surface area contributed by atoms with Gasteiger partial charge in [-0.15, -0.1) is 11.8 Å². The number of rotatable bonds is 7. The number of ether oxygens (including phenoxy) is 1. The van der Waals surface area contributed by atoms with Crippen molar-refractivity contribution < 1.29 is 9.53 Å². The molecule has 3 aromatic rings. The van der Waals surface area contributed by atoms with Crippen molar-refractivity contribution in [3.63, 3.8) is 0 Å². The van der Waals surface area contributed by atoms with Crippen LogP contribution in [0.3, 0.4) is 0 Å². The Labute approximate surface area is 192 Å². The fourth-order valence-electron chi connectivity index (χ4n) is 3.73. The highest BCUT2D eigenvalue weighted by atomic mass is 32.2. The minimum absolute atomic E-state index is 0.104. The van der Waals surface area contributed by atoms with Crippen LogP contribution in [-0.4, -0.2) is 60.9 Å². The molecular formula is C24H29N3O2S2. The van der Waals surface area contributed by atoms with Crippen LogP contribution in [0.5, 0.6) is 0 Å². The second-order valence-electron chi connectivity index (χ2n) is 8.03. The third-order valence-corrected chi connectivity index (χ3v) is 7.69. The second kappa shape index (κ2) is 10.1. The molecule has 164 valence electrons. The van der Waals surface area contributed by atoms with Crippen LogP contribution in [0.15, 0.2) is 41.3 Å². The molecule has 5 nitrogen and oxygen atoms in total. The average Bonchev–Trinajstić information content (AvgIpc) is 3.18. The predicted octanol–water partition coefficient (Wildman–Crippen LogP) is 4.68. The summed E-state index contributed by atoms with van der Waals surface area (Å²) in [6.07, 6.45) is 0. The maximum atomic E-state index is 13.3. The van der Waals surface area contributed by atoms with Gasteiger partial charge in [0.25, 0.3) is 0 Å². The maximum Gasteiger partial charge on any atom is 0.239 e. The third kappa shape index (κ3) is 5.66. The minimum atomic E-state index is 0.104. The lowest BCUT2D eigenvalue weighted by Crippen LogP contribution is -2.43. The van der Waals surface area contributed by atoms with Crippen molar-refractivity contribution in [3.8, 4) is 0 Å². The van der Waals surface area contributed by atoms with Crippen molar-refractivity contribution in [1.82, 2.24) is 9.88 Å². The van der Waals surface area contributed by atoms with E-state index in [1.807, 2.05) is 4.90 Å². The van der Waals surface area contributed by atoms with Crippen molar-refractivity contribution in [2.45, 2.75) is 25.7 Å². The summed E-state index contributed by atoms with van der Waals surface area (Å²) in [6.45, 7) is 11.1. The molecule has 0 unspecified atom stereocenters. The number of aryl methyl sites for hydroxylation is 3. The molecule has 0 atom stereocenters.